The second kappa shape index (κ2) is 6.15. The van der Waals surface area contributed by atoms with Gasteiger partial charge >= 0.3 is 6.03 Å². The Balaban J connectivity index is 1.75. The van der Waals surface area contributed by atoms with Gasteiger partial charge in [-0.15, -0.1) is 0 Å². The van der Waals surface area contributed by atoms with Crippen LogP contribution < -0.4 is 10.6 Å². The number of urea groups is 1. The number of nitrogens with one attached hydrogen (secondary N) is 2. The predicted octanol–water partition coefficient (Wildman–Crippen LogP) is 4.81. The first kappa shape index (κ1) is 14.5. The quantitative estimate of drug-likeness (QED) is 0.729. The van der Waals surface area contributed by atoms with Gasteiger partial charge in [0.1, 0.15) is 0 Å². The fourth-order valence-corrected chi connectivity index (χ4v) is 3.13. The first-order chi connectivity index (χ1) is 10.7. The van der Waals surface area contributed by atoms with E-state index < -0.39 is 0 Å². The number of carbonyl (C=O) groups is 1. The lowest BCUT2D eigenvalue weighted by Crippen LogP contribution is -2.19. The number of aromatic nitrogens is 1. The molecule has 2 aromatic carbocycles. The SMILES string of the molecule is CCc1ccc2nc(NC(=O)Nc3ccccc3C)sc2c1. The van der Waals surface area contributed by atoms with Crippen molar-refractivity contribution < 1.29 is 4.79 Å². The van der Waals surface area contributed by atoms with E-state index in [1.165, 1.54) is 16.9 Å². The van der Waals surface area contributed by atoms with Gasteiger partial charge in [0.25, 0.3) is 0 Å². The van der Waals surface area contributed by atoms with E-state index in [-0.39, 0.29) is 6.03 Å². The maximum atomic E-state index is 12.1. The lowest BCUT2D eigenvalue weighted by atomic mass is 10.2. The zero-order valence-corrected chi connectivity index (χ0v) is 13.3. The maximum absolute atomic E-state index is 12.1. The van der Waals surface area contributed by atoms with Crippen LogP contribution in [0.1, 0.15) is 18.1 Å². The number of hydrogen-bond donors (Lipinski definition) is 2. The third-order valence-electron chi connectivity index (χ3n) is 3.47. The zero-order valence-electron chi connectivity index (χ0n) is 12.5. The average Bonchev–Trinajstić information content (AvgIpc) is 2.90. The molecule has 0 spiro atoms. The number of hydrogen-bond acceptors (Lipinski definition) is 3. The van der Waals surface area contributed by atoms with Crippen molar-refractivity contribution in [2.24, 2.45) is 0 Å². The van der Waals surface area contributed by atoms with E-state index in [9.17, 15) is 4.79 Å². The molecule has 0 aliphatic heterocycles. The molecule has 22 heavy (non-hydrogen) atoms. The van der Waals surface area contributed by atoms with Gasteiger partial charge in [-0.2, -0.15) is 0 Å². The van der Waals surface area contributed by atoms with Crippen molar-refractivity contribution in [3.63, 3.8) is 0 Å². The van der Waals surface area contributed by atoms with Gasteiger partial charge in [-0.25, -0.2) is 9.78 Å². The number of fused-ring (bicyclic) bond motifs is 1. The minimum absolute atomic E-state index is 0.274. The van der Waals surface area contributed by atoms with Gasteiger partial charge in [0.2, 0.25) is 0 Å². The average molecular weight is 311 g/mol. The largest absolute Gasteiger partial charge is 0.325 e. The van der Waals surface area contributed by atoms with E-state index in [4.69, 9.17) is 0 Å². The molecule has 2 N–H and O–H groups in total. The first-order valence-electron chi connectivity index (χ1n) is 7.19. The zero-order chi connectivity index (χ0) is 15.5. The summed E-state index contributed by atoms with van der Waals surface area (Å²) >= 11 is 1.49. The monoisotopic (exact) mass is 311 g/mol. The molecule has 0 bridgehead atoms. The lowest BCUT2D eigenvalue weighted by molar-refractivity contribution is 0.262. The smallest absolute Gasteiger partial charge is 0.307 e. The van der Waals surface area contributed by atoms with Crippen molar-refractivity contribution in [2.75, 3.05) is 10.6 Å². The Morgan fingerprint density at radius 2 is 2.00 bits per heavy atom. The van der Waals surface area contributed by atoms with Gasteiger partial charge in [0.15, 0.2) is 5.13 Å². The molecule has 1 heterocycles. The molecule has 112 valence electrons. The molecule has 0 unspecified atom stereocenters. The Morgan fingerprint density at radius 1 is 1.18 bits per heavy atom. The summed E-state index contributed by atoms with van der Waals surface area (Å²) < 4.78 is 1.09. The molecular weight excluding hydrogens is 294 g/mol. The number of para-hydroxylation sites is 1. The summed E-state index contributed by atoms with van der Waals surface area (Å²) in [5.41, 5.74) is 4.00. The fraction of sp³-hybridized carbons (Fsp3) is 0.176. The van der Waals surface area contributed by atoms with Gasteiger partial charge in [0, 0.05) is 5.69 Å². The molecular formula is C17H17N3OS. The van der Waals surface area contributed by atoms with Crippen LogP contribution in [0.3, 0.4) is 0 Å². The third-order valence-corrected chi connectivity index (χ3v) is 4.41. The van der Waals surface area contributed by atoms with Crippen molar-refractivity contribution in [2.45, 2.75) is 20.3 Å². The summed E-state index contributed by atoms with van der Waals surface area (Å²) in [6.45, 7) is 4.08. The number of carbonyl (C=O) groups excluding carboxylic acids is 1. The van der Waals surface area contributed by atoms with E-state index in [1.54, 1.807) is 0 Å². The Morgan fingerprint density at radius 3 is 2.77 bits per heavy atom. The Labute approximate surface area is 133 Å². The van der Waals surface area contributed by atoms with E-state index in [0.717, 1.165) is 27.9 Å². The van der Waals surface area contributed by atoms with Crippen LogP contribution in [0.25, 0.3) is 10.2 Å². The van der Waals surface area contributed by atoms with Gasteiger partial charge < -0.3 is 5.32 Å². The minimum Gasteiger partial charge on any atom is -0.307 e. The topological polar surface area (TPSA) is 54.0 Å². The second-order valence-corrected chi connectivity index (χ2v) is 6.10. The fourth-order valence-electron chi connectivity index (χ4n) is 2.21. The van der Waals surface area contributed by atoms with Crippen LogP contribution in [0.5, 0.6) is 0 Å². The van der Waals surface area contributed by atoms with Gasteiger partial charge in [0.05, 0.1) is 10.2 Å². The highest BCUT2D eigenvalue weighted by Gasteiger charge is 2.09. The van der Waals surface area contributed by atoms with Crippen LogP contribution >= 0.6 is 11.3 Å². The van der Waals surface area contributed by atoms with Crippen LogP contribution in [0.2, 0.25) is 0 Å². The van der Waals surface area contributed by atoms with Crippen LogP contribution in [0.15, 0.2) is 42.5 Å². The molecule has 0 saturated carbocycles. The van der Waals surface area contributed by atoms with E-state index in [2.05, 4.69) is 34.7 Å². The third kappa shape index (κ3) is 3.09. The molecule has 5 heteroatoms. The van der Waals surface area contributed by atoms with Crippen molar-refractivity contribution in [1.29, 1.82) is 0 Å². The summed E-state index contributed by atoms with van der Waals surface area (Å²) in [6.07, 6.45) is 0.990. The van der Waals surface area contributed by atoms with Crippen LogP contribution in [0.4, 0.5) is 15.6 Å². The summed E-state index contributed by atoms with van der Waals surface area (Å²) in [5, 5.41) is 6.25. The molecule has 0 saturated heterocycles. The molecule has 0 radical (unpaired) electrons. The number of thiazole rings is 1. The van der Waals surface area contributed by atoms with Crippen LogP contribution in [0, 0.1) is 6.92 Å². The first-order valence-corrected chi connectivity index (χ1v) is 8.00. The molecule has 3 rings (SSSR count). The number of nitrogens with zero attached hydrogens (tertiary/aromatic N) is 1. The number of amides is 2. The molecule has 0 atom stereocenters. The minimum atomic E-state index is -0.274. The second-order valence-electron chi connectivity index (χ2n) is 5.07. The number of aryl methyl sites for hydroxylation is 2. The highest BCUT2D eigenvalue weighted by Crippen LogP contribution is 2.27. The molecule has 4 nitrogen and oxygen atoms in total. The number of benzene rings is 2. The van der Waals surface area contributed by atoms with Gasteiger partial charge in [-0.3, -0.25) is 5.32 Å². The lowest BCUT2D eigenvalue weighted by Gasteiger charge is -2.07. The van der Waals surface area contributed by atoms with Crippen molar-refractivity contribution >= 4 is 38.4 Å². The Hall–Kier alpha value is -2.40. The van der Waals surface area contributed by atoms with Crippen molar-refractivity contribution in [3.05, 3.63) is 53.6 Å². The highest BCUT2D eigenvalue weighted by atomic mass is 32.1. The summed E-state index contributed by atoms with van der Waals surface area (Å²) in [5.74, 6) is 0. The normalized spacial score (nSPS) is 10.6. The molecule has 0 aliphatic rings. The number of anilines is 2. The molecule has 1 aromatic heterocycles. The van der Waals surface area contributed by atoms with E-state index in [0.29, 0.717) is 5.13 Å². The molecule has 3 aromatic rings. The van der Waals surface area contributed by atoms with Crippen molar-refractivity contribution in [3.8, 4) is 0 Å². The van der Waals surface area contributed by atoms with Crippen LogP contribution in [-0.4, -0.2) is 11.0 Å². The van der Waals surface area contributed by atoms with E-state index in [1.807, 2.05) is 37.3 Å². The molecule has 0 aliphatic carbocycles. The summed E-state index contributed by atoms with van der Waals surface area (Å²) in [6, 6.07) is 13.6. The summed E-state index contributed by atoms with van der Waals surface area (Å²) in [4.78, 5) is 16.5. The van der Waals surface area contributed by atoms with Gasteiger partial charge in [-0.05, 0) is 42.7 Å². The highest BCUT2D eigenvalue weighted by molar-refractivity contribution is 7.22. The molecule has 2 amide bonds. The molecule has 0 fully saturated rings. The van der Waals surface area contributed by atoms with Crippen LogP contribution in [-0.2, 0) is 6.42 Å². The standard InChI is InChI=1S/C17H17N3OS/c1-3-12-8-9-14-15(10-12)22-17(19-14)20-16(21)18-13-7-5-4-6-11(13)2/h4-10H,3H2,1-2H3,(H2,18,19,20,21). The summed E-state index contributed by atoms with van der Waals surface area (Å²) in [7, 11) is 0. The van der Waals surface area contributed by atoms with Crippen molar-refractivity contribution in [1.82, 2.24) is 4.98 Å². The Bertz CT molecular complexity index is 826. The maximum Gasteiger partial charge on any atom is 0.325 e. The predicted molar refractivity (Wildman–Crippen MR) is 92.8 cm³/mol. The van der Waals surface area contributed by atoms with Gasteiger partial charge in [-0.1, -0.05) is 42.5 Å². The van der Waals surface area contributed by atoms with E-state index >= 15 is 0 Å². The Kier molecular flexibility index (Phi) is 4.06. The number of rotatable bonds is 3.